The van der Waals surface area contributed by atoms with Crippen LogP contribution in [0.2, 0.25) is 0 Å². The van der Waals surface area contributed by atoms with Gasteiger partial charge in [-0.2, -0.15) is 0 Å². The van der Waals surface area contributed by atoms with Gasteiger partial charge in [0.15, 0.2) is 17.5 Å². The molecule has 0 bridgehead atoms. The molecule has 0 spiro atoms. The molecule has 2 aliphatic carbocycles. The second kappa shape index (κ2) is 11.6. The van der Waals surface area contributed by atoms with E-state index in [0.717, 1.165) is 32.1 Å². The fraction of sp³-hybridized carbons (Fsp3) is 0.600. The first-order valence-electron chi connectivity index (χ1n) is 14.1. The highest BCUT2D eigenvalue weighted by Crippen LogP contribution is 2.39. The summed E-state index contributed by atoms with van der Waals surface area (Å²) >= 11 is 0. The Morgan fingerprint density at radius 3 is 2.10 bits per heavy atom. The van der Waals surface area contributed by atoms with Gasteiger partial charge >= 0.3 is 0 Å². The molecular formula is C30H42F3N5O2. The van der Waals surface area contributed by atoms with E-state index >= 15 is 0 Å². The molecule has 0 aromatic heterocycles. The van der Waals surface area contributed by atoms with Crippen LogP contribution in [0.4, 0.5) is 18.9 Å². The van der Waals surface area contributed by atoms with Crippen molar-refractivity contribution in [2.24, 2.45) is 21.8 Å². The van der Waals surface area contributed by atoms with Crippen LogP contribution >= 0.6 is 0 Å². The van der Waals surface area contributed by atoms with Crippen molar-refractivity contribution in [3.63, 3.8) is 0 Å². The average Bonchev–Trinajstić information content (AvgIpc) is 3.46. The molecule has 3 aliphatic rings. The zero-order valence-corrected chi connectivity index (χ0v) is 24.1. The Labute approximate surface area is 235 Å². The quantitative estimate of drug-likeness (QED) is 0.346. The largest absolute Gasteiger partial charge is 0.390 e. The highest BCUT2D eigenvalue weighted by molar-refractivity contribution is 6.17. The molecule has 10 heteroatoms. The Hall–Kier alpha value is -2.85. The molecule has 220 valence electrons. The molecule has 2 atom stereocenters. The minimum Gasteiger partial charge on any atom is -0.390 e. The van der Waals surface area contributed by atoms with Crippen LogP contribution in [0.1, 0.15) is 79.6 Å². The fourth-order valence-electron chi connectivity index (χ4n) is 6.13. The monoisotopic (exact) mass is 561 g/mol. The minimum atomic E-state index is -1.10. The highest BCUT2D eigenvalue weighted by Gasteiger charge is 2.43. The molecule has 4 N–H and O–H groups in total. The van der Waals surface area contributed by atoms with Crippen molar-refractivity contribution in [2.45, 2.75) is 103 Å². The van der Waals surface area contributed by atoms with Crippen LogP contribution < -0.4 is 10.6 Å². The van der Waals surface area contributed by atoms with Crippen molar-refractivity contribution in [3.8, 4) is 0 Å². The topological polar surface area (TPSA) is 92.5 Å². The molecule has 7 nitrogen and oxygen atoms in total. The number of amidine groups is 1. The summed E-state index contributed by atoms with van der Waals surface area (Å²) < 4.78 is 42.7. The number of nitrogens with one attached hydrogen (secondary N) is 2. The summed E-state index contributed by atoms with van der Waals surface area (Å²) in [4.78, 5) is 10.9. The SMILES string of the molecule is C=C(/N=C1\C(=C/C)NC(=Nc2c(F)cc(F)cc2F)N1C1CCC(C(C)(C)O)C1)NC1CCC(C(C)(C)O)CC1. The normalized spacial score (nSPS) is 28.9. The molecule has 3 fully saturated rings. The molecule has 40 heavy (non-hydrogen) atoms. The van der Waals surface area contributed by atoms with Crippen molar-refractivity contribution in [1.29, 1.82) is 0 Å². The lowest BCUT2D eigenvalue weighted by molar-refractivity contribution is -0.00241. The van der Waals surface area contributed by atoms with Crippen LogP contribution in [0.5, 0.6) is 0 Å². The molecule has 1 aromatic rings. The maximum atomic E-state index is 14.6. The van der Waals surface area contributed by atoms with Crippen molar-refractivity contribution < 1.29 is 23.4 Å². The first kappa shape index (κ1) is 30.1. The Morgan fingerprint density at radius 1 is 1.00 bits per heavy atom. The standard InChI is InChI=1S/C30H42F3N5O2/c1-7-25-27(35-17(2)34-21-11-8-18(9-12-21)29(3,4)39)38(22-13-10-19(14-22)30(5,6)40)28(36-25)37-26-23(32)15-20(31)16-24(26)33/h7,15-16,18-19,21-22,34,39-40H,2,8-14H2,1,3-6H3,(H,36,37)/b25-7+,35-27+. The van der Waals surface area contributed by atoms with E-state index in [-0.39, 0.29) is 29.9 Å². The summed E-state index contributed by atoms with van der Waals surface area (Å²) in [6, 6.07) is 1.21. The maximum Gasteiger partial charge on any atom is 0.210 e. The van der Waals surface area contributed by atoms with E-state index in [1.807, 2.05) is 25.7 Å². The molecule has 4 rings (SSSR count). The van der Waals surface area contributed by atoms with Gasteiger partial charge in [0.1, 0.15) is 17.3 Å². The molecule has 0 amide bonds. The molecule has 1 aromatic carbocycles. The van der Waals surface area contributed by atoms with Gasteiger partial charge in [-0.3, -0.25) is 4.90 Å². The third-order valence-corrected chi connectivity index (χ3v) is 8.54. The Morgan fingerprint density at radius 2 is 1.57 bits per heavy atom. The summed E-state index contributed by atoms with van der Waals surface area (Å²) in [5, 5.41) is 27.6. The summed E-state index contributed by atoms with van der Waals surface area (Å²) in [7, 11) is 0. The molecule has 2 saturated carbocycles. The highest BCUT2D eigenvalue weighted by atomic mass is 19.1. The van der Waals surface area contributed by atoms with E-state index in [1.165, 1.54) is 0 Å². The summed E-state index contributed by atoms with van der Waals surface area (Å²) in [5.41, 5.74) is -1.59. The van der Waals surface area contributed by atoms with E-state index in [1.54, 1.807) is 19.9 Å². The third-order valence-electron chi connectivity index (χ3n) is 8.54. The zero-order chi connectivity index (χ0) is 29.4. The van der Waals surface area contributed by atoms with Gasteiger partial charge in [-0.25, -0.2) is 23.2 Å². The lowest BCUT2D eigenvalue weighted by Crippen LogP contribution is -2.42. The van der Waals surface area contributed by atoms with Crippen LogP contribution in [0.15, 0.2) is 46.3 Å². The van der Waals surface area contributed by atoms with Gasteiger partial charge in [-0.05, 0) is 91.4 Å². The molecular weight excluding hydrogens is 519 g/mol. The molecule has 0 radical (unpaired) electrons. The van der Waals surface area contributed by atoms with Crippen LogP contribution in [0.25, 0.3) is 0 Å². The third kappa shape index (κ3) is 6.71. The van der Waals surface area contributed by atoms with Gasteiger partial charge in [0.05, 0.1) is 16.9 Å². The Bertz CT molecular complexity index is 1180. The van der Waals surface area contributed by atoms with E-state index in [2.05, 4.69) is 22.2 Å². The number of guanidine groups is 1. The maximum absolute atomic E-state index is 14.6. The second-order valence-corrected chi connectivity index (χ2v) is 12.4. The summed E-state index contributed by atoms with van der Waals surface area (Å²) in [5.74, 6) is -1.84. The van der Waals surface area contributed by atoms with Crippen molar-refractivity contribution >= 4 is 17.5 Å². The van der Waals surface area contributed by atoms with E-state index in [4.69, 9.17) is 4.99 Å². The first-order chi connectivity index (χ1) is 18.7. The Kier molecular flexibility index (Phi) is 8.71. The zero-order valence-electron chi connectivity index (χ0n) is 24.1. The van der Waals surface area contributed by atoms with Crippen molar-refractivity contribution in [2.75, 3.05) is 0 Å². The number of rotatable bonds is 7. The average molecular weight is 562 g/mol. The van der Waals surface area contributed by atoms with Crippen LogP contribution in [0, 0.1) is 29.3 Å². The Balaban J connectivity index is 1.64. The lowest BCUT2D eigenvalue weighted by Gasteiger charge is -2.36. The summed E-state index contributed by atoms with van der Waals surface area (Å²) in [6.45, 7) is 13.2. The van der Waals surface area contributed by atoms with Gasteiger partial charge < -0.3 is 20.8 Å². The number of aliphatic hydroxyl groups is 2. The second-order valence-electron chi connectivity index (χ2n) is 12.4. The van der Waals surface area contributed by atoms with E-state index in [9.17, 15) is 23.4 Å². The van der Waals surface area contributed by atoms with Gasteiger partial charge in [0.25, 0.3) is 0 Å². The van der Waals surface area contributed by atoms with E-state index in [0.29, 0.717) is 42.3 Å². The van der Waals surface area contributed by atoms with Gasteiger partial charge in [0, 0.05) is 24.2 Å². The molecule has 1 aliphatic heterocycles. The number of nitrogens with zero attached hydrogens (tertiary/aromatic N) is 3. The van der Waals surface area contributed by atoms with Crippen molar-refractivity contribution in [1.82, 2.24) is 15.5 Å². The van der Waals surface area contributed by atoms with Crippen LogP contribution in [-0.4, -0.2) is 50.2 Å². The van der Waals surface area contributed by atoms with Gasteiger partial charge in [-0.1, -0.05) is 12.7 Å². The number of aliphatic imine (C=N–C) groups is 2. The molecule has 1 saturated heterocycles. The predicted molar refractivity (Wildman–Crippen MR) is 151 cm³/mol. The van der Waals surface area contributed by atoms with Gasteiger partial charge in [0.2, 0.25) is 5.96 Å². The predicted octanol–water partition coefficient (Wildman–Crippen LogP) is 5.63. The van der Waals surface area contributed by atoms with Gasteiger partial charge in [-0.15, -0.1) is 0 Å². The van der Waals surface area contributed by atoms with Crippen LogP contribution in [-0.2, 0) is 0 Å². The number of halogens is 3. The molecule has 1 heterocycles. The summed E-state index contributed by atoms with van der Waals surface area (Å²) in [6.07, 6.45) is 7.44. The molecule has 2 unspecified atom stereocenters. The fourth-order valence-corrected chi connectivity index (χ4v) is 6.13. The van der Waals surface area contributed by atoms with Crippen molar-refractivity contribution in [3.05, 3.63) is 53.8 Å². The minimum absolute atomic E-state index is 0.0150. The smallest absolute Gasteiger partial charge is 0.210 e. The lowest BCUT2D eigenvalue weighted by atomic mass is 9.77. The number of hydrogen-bond donors (Lipinski definition) is 4. The number of hydrogen-bond acceptors (Lipinski definition) is 5. The number of allylic oxidation sites excluding steroid dienone is 1. The first-order valence-corrected chi connectivity index (χ1v) is 14.1. The van der Waals surface area contributed by atoms with E-state index < -0.39 is 34.3 Å². The number of benzene rings is 1. The van der Waals surface area contributed by atoms with Crippen LogP contribution in [0.3, 0.4) is 0 Å².